The van der Waals surface area contributed by atoms with Gasteiger partial charge >= 0.3 is 7.75 Å². The highest BCUT2D eigenvalue weighted by atomic mass is 31.2. The Hall–Kier alpha value is -2.34. The van der Waals surface area contributed by atoms with Crippen molar-refractivity contribution in [1.29, 1.82) is 0 Å². The first-order valence-corrected chi connectivity index (χ1v) is 8.76. The zero-order chi connectivity index (χ0) is 17.9. The number of Topliss-reactive ketones (excluding diaryl/α,β-unsaturated/α-hetero) is 1. The molecular formula is C16H18NO6P. The average molecular weight is 351 g/mol. The number of anilines is 1. The van der Waals surface area contributed by atoms with Crippen LogP contribution in [0.15, 0.2) is 42.5 Å². The molecule has 1 atom stereocenters. The number of ketones is 1. The van der Waals surface area contributed by atoms with Crippen LogP contribution < -0.4 is 5.09 Å². The lowest BCUT2D eigenvalue weighted by Crippen LogP contribution is -2.08. The van der Waals surface area contributed by atoms with Crippen molar-refractivity contribution in [3.8, 4) is 11.5 Å². The molecule has 24 heavy (non-hydrogen) atoms. The standard InChI is InChI=1S/C16H18NO6P/c1-10(11-2-4-12(18)5-3-11)8-16(20)14-9-13(19)6-7-15(14)17-24(21,22)23/h2-7,9-10,18-19H,8H2,1H3,(H3,17,21,22,23). The SMILES string of the molecule is CC(CC(=O)c1cc(O)ccc1NP(=O)(O)O)c1ccc(O)cc1. The number of carbonyl (C=O) groups is 1. The molecule has 0 fully saturated rings. The van der Waals surface area contributed by atoms with Crippen LogP contribution in [-0.2, 0) is 4.57 Å². The lowest BCUT2D eigenvalue weighted by Gasteiger charge is -2.15. The molecule has 0 aromatic heterocycles. The molecule has 2 aromatic carbocycles. The molecule has 0 aliphatic rings. The summed E-state index contributed by atoms with van der Waals surface area (Å²) in [7, 11) is -4.58. The summed E-state index contributed by atoms with van der Waals surface area (Å²) >= 11 is 0. The number of hydrogen-bond donors (Lipinski definition) is 5. The van der Waals surface area contributed by atoms with Gasteiger partial charge in [-0.1, -0.05) is 19.1 Å². The molecule has 2 aromatic rings. The molecule has 0 heterocycles. The van der Waals surface area contributed by atoms with Gasteiger partial charge in [-0.05, 0) is 41.8 Å². The first-order chi connectivity index (χ1) is 11.2. The van der Waals surface area contributed by atoms with E-state index >= 15 is 0 Å². The lowest BCUT2D eigenvalue weighted by molar-refractivity contribution is 0.0976. The molecule has 0 amide bonds. The smallest absolute Gasteiger partial charge is 0.427 e. The molecule has 0 radical (unpaired) electrons. The van der Waals surface area contributed by atoms with Gasteiger partial charge in [0.05, 0.1) is 5.69 Å². The predicted octanol–water partition coefficient (Wildman–Crippen LogP) is 2.98. The van der Waals surface area contributed by atoms with Crippen molar-refractivity contribution in [2.24, 2.45) is 0 Å². The Morgan fingerprint density at radius 1 is 1.08 bits per heavy atom. The minimum Gasteiger partial charge on any atom is -0.508 e. The van der Waals surface area contributed by atoms with Crippen molar-refractivity contribution in [2.75, 3.05) is 5.09 Å². The number of nitrogens with one attached hydrogen (secondary N) is 1. The summed E-state index contributed by atoms with van der Waals surface area (Å²) in [6, 6.07) is 10.1. The molecule has 7 nitrogen and oxygen atoms in total. The maximum atomic E-state index is 12.5. The number of benzene rings is 2. The minimum absolute atomic E-state index is 0.00366. The van der Waals surface area contributed by atoms with Crippen molar-refractivity contribution in [3.05, 3.63) is 53.6 Å². The molecule has 0 saturated heterocycles. The van der Waals surface area contributed by atoms with Crippen LogP contribution in [0, 0.1) is 0 Å². The lowest BCUT2D eigenvalue weighted by atomic mass is 9.92. The van der Waals surface area contributed by atoms with Gasteiger partial charge in [0.25, 0.3) is 0 Å². The van der Waals surface area contributed by atoms with E-state index in [-0.39, 0.29) is 40.9 Å². The van der Waals surface area contributed by atoms with Gasteiger partial charge in [-0.15, -0.1) is 0 Å². The van der Waals surface area contributed by atoms with Crippen molar-refractivity contribution >= 4 is 19.2 Å². The van der Waals surface area contributed by atoms with E-state index in [1.165, 1.54) is 30.3 Å². The summed E-state index contributed by atoms with van der Waals surface area (Å²) in [6.07, 6.45) is 0.0735. The first kappa shape index (κ1) is 18.0. The second kappa shape index (κ2) is 7.05. The first-order valence-electron chi connectivity index (χ1n) is 7.14. The van der Waals surface area contributed by atoms with E-state index in [4.69, 9.17) is 9.79 Å². The molecule has 1 unspecified atom stereocenters. The van der Waals surface area contributed by atoms with Gasteiger partial charge in [-0.2, -0.15) is 0 Å². The summed E-state index contributed by atoms with van der Waals surface area (Å²) in [4.78, 5) is 30.6. The summed E-state index contributed by atoms with van der Waals surface area (Å²) < 4.78 is 11.1. The monoisotopic (exact) mass is 351 g/mol. The number of phenols is 2. The normalized spacial score (nSPS) is 12.6. The third kappa shape index (κ3) is 4.83. The van der Waals surface area contributed by atoms with E-state index < -0.39 is 7.75 Å². The van der Waals surface area contributed by atoms with Crippen LogP contribution in [0.4, 0.5) is 5.69 Å². The quantitative estimate of drug-likeness (QED) is 0.307. The molecule has 0 bridgehead atoms. The van der Waals surface area contributed by atoms with E-state index in [1.54, 1.807) is 12.1 Å². The van der Waals surface area contributed by atoms with Crippen molar-refractivity contribution in [2.45, 2.75) is 19.3 Å². The third-order valence-corrected chi connectivity index (χ3v) is 4.06. The zero-order valence-electron chi connectivity index (χ0n) is 12.9. The fraction of sp³-hybridized carbons (Fsp3) is 0.188. The van der Waals surface area contributed by atoms with Crippen LogP contribution >= 0.6 is 7.75 Å². The molecule has 5 N–H and O–H groups in total. The summed E-state index contributed by atoms with van der Waals surface area (Å²) in [5.41, 5.74) is 0.804. The summed E-state index contributed by atoms with van der Waals surface area (Å²) in [5, 5.41) is 20.8. The minimum atomic E-state index is -4.58. The Kier molecular flexibility index (Phi) is 5.29. The fourth-order valence-corrected chi connectivity index (χ4v) is 2.83. The van der Waals surface area contributed by atoms with E-state index in [9.17, 15) is 19.6 Å². The maximum Gasteiger partial charge on any atom is 0.427 e. The maximum absolute atomic E-state index is 12.5. The predicted molar refractivity (Wildman–Crippen MR) is 89.2 cm³/mol. The topological polar surface area (TPSA) is 127 Å². The molecule has 0 saturated carbocycles. The van der Waals surface area contributed by atoms with Crippen LogP contribution in [0.25, 0.3) is 0 Å². The van der Waals surface area contributed by atoms with Crippen molar-refractivity contribution in [3.63, 3.8) is 0 Å². The number of aromatic hydroxyl groups is 2. The van der Waals surface area contributed by atoms with Gasteiger partial charge in [0.1, 0.15) is 11.5 Å². The molecule has 0 aliphatic heterocycles. The average Bonchev–Trinajstić information content (AvgIpc) is 2.48. The van der Waals surface area contributed by atoms with Crippen LogP contribution in [0.3, 0.4) is 0 Å². The van der Waals surface area contributed by atoms with Crippen LogP contribution in [-0.4, -0.2) is 25.8 Å². The summed E-state index contributed by atoms with van der Waals surface area (Å²) in [6.45, 7) is 1.82. The largest absolute Gasteiger partial charge is 0.508 e. The Morgan fingerprint density at radius 2 is 1.67 bits per heavy atom. The second-order valence-electron chi connectivity index (χ2n) is 5.51. The fourth-order valence-electron chi connectivity index (χ4n) is 2.33. The van der Waals surface area contributed by atoms with Crippen molar-refractivity contribution < 1.29 is 29.4 Å². The van der Waals surface area contributed by atoms with Crippen LogP contribution in [0.2, 0.25) is 0 Å². The number of rotatable bonds is 6. The van der Waals surface area contributed by atoms with Crippen LogP contribution in [0.1, 0.15) is 35.2 Å². The van der Waals surface area contributed by atoms with Gasteiger partial charge in [0, 0.05) is 12.0 Å². The zero-order valence-corrected chi connectivity index (χ0v) is 13.8. The molecule has 8 heteroatoms. The Morgan fingerprint density at radius 3 is 2.25 bits per heavy atom. The van der Waals surface area contributed by atoms with E-state index in [2.05, 4.69) is 0 Å². The number of carbonyl (C=O) groups excluding carboxylic acids is 1. The second-order valence-corrected chi connectivity index (χ2v) is 6.82. The molecule has 2 rings (SSSR count). The number of hydrogen-bond acceptors (Lipinski definition) is 4. The van der Waals surface area contributed by atoms with E-state index in [0.717, 1.165) is 5.56 Å². The highest BCUT2D eigenvalue weighted by Gasteiger charge is 2.21. The van der Waals surface area contributed by atoms with Gasteiger partial charge in [0.2, 0.25) is 0 Å². The van der Waals surface area contributed by atoms with Crippen LogP contribution in [0.5, 0.6) is 11.5 Å². The third-order valence-electron chi connectivity index (χ3n) is 3.52. The van der Waals surface area contributed by atoms with E-state index in [1.807, 2.05) is 12.0 Å². The van der Waals surface area contributed by atoms with Gasteiger partial charge in [-0.25, -0.2) is 4.57 Å². The molecule has 0 aliphatic carbocycles. The molecular weight excluding hydrogens is 333 g/mol. The Bertz CT molecular complexity index is 784. The van der Waals surface area contributed by atoms with Gasteiger partial charge in [0.15, 0.2) is 5.78 Å². The van der Waals surface area contributed by atoms with Crippen molar-refractivity contribution in [1.82, 2.24) is 0 Å². The Balaban J connectivity index is 2.24. The Labute approximate surface area is 138 Å². The highest BCUT2D eigenvalue weighted by molar-refractivity contribution is 7.53. The van der Waals surface area contributed by atoms with Gasteiger partial charge < -0.3 is 20.0 Å². The number of phenolic OH excluding ortho intramolecular Hbond substituents is 2. The summed E-state index contributed by atoms with van der Waals surface area (Å²) in [5.74, 6) is -0.601. The van der Waals surface area contributed by atoms with Gasteiger partial charge in [-0.3, -0.25) is 9.88 Å². The van der Waals surface area contributed by atoms with E-state index in [0.29, 0.717) is 0 Å². The highest BCUT2D eigenvalue weighted by Crippen LogP contribution is 2.38. The molecule has 0 spiro atoms. The molecule has 128 valence electrons.